The van der Waals surface area contributed by atoms with Crippen molar-refractivity contribution in [1.82, 2.24) is 4.90 Å². The molecular formula is C24H30N2O4S. The Kier molecular flexibility index (Phi) is 6.23. The van der Waals surface area contributed by atoms with E-state index in [1.165, 1.54) is 0 Å². The lowest BCUT2D eigenvalue weighted by atomic mass is 9.96. The Morgan fingerprint density at radius 2 is 1.74 bits per heavy atom. The van der Waals surface area contributed by atoms with Gasteiger partial charge in [-0.05, 0) is 49.1 Å². The van der Waals surface area contributed by atoms with Crippen molar-refractivity contribution in [3.8, 4) is 5.75 Å². The minimum absolute atomic E-state index is 0.0663. The van der Waals surface area contributed by atoms with Gasteiger partial charge in [0.2, 0.25) is 5.91 Å². The quantitative estimate of drug-likeness (QED) is 0.727. The molecule has 2 aliphatic rings. The van der Waals surface area contributed by atoms with Crippen LogP contribution < -0.4 is 9.64 Å². The van der Waals surface area contributed by atoms with Crippen LogP contribution in [0.4, 0.5) is 5.69 Å². The van der Waals surface area contributed by atoms with E-state index >= 15 is 0 Å². The molecule has 7 heteroatoms. The molecule has 0 saturated carbocycles. The Bertz CT molecular complexity index is 1020. The highest BCUT2D eigenvalue weighted by molar-refractivity contribution is 7.91. The maximum Gasteiger partial charge on any atom is 0.226 e. The van der Waals surface area contributed by atoms with Crippen molar-refractivity contribution >= 4 is 21.4 Å². The first kappa shape index (κ1) is 21.7. The molecule has 0 N–H and O–H groups in total. The average Bonchev–Trinajstić information content (AvgIpc) is 2.79. The van der Waals surface area contributed by atoms with Gasteiger partial charge in [0.15, 0.2) is 0 Å². The van der Waals surface area contributed by atoms with Gasteiger partial charge in [0.1, 0.15) is 15.6 Å². The number of carbonyl (C=O) groups is 1. The van der Waals surface area contributed by atoms with Gasteiger partial charge in [-0.3, -0.25) is 4.79 Å². The summed E-state index contributed by atoms with van der Waals surface area (Å²) in [5.74, 6) is 0.984. The van der Waals surface area contributed by atoms with E-state index in [1.807, 2.05) is 36.1 Å². The number of hydrogen-bond donors (Lipinski definition) is 0. The third-order valence-corrected chi connectivity index (χ3v) is 8.21. The molecule has 1 unspecified atom stereocenters. The molecule has 31 heavy (non-hydrogen) atoms. The fourth-order valence-corrected chi connectivity index (χ4v) is 6.16. The summed E-state index contributed by atoms with van der Waals surface area (Å²) < 4.78 is 29.0. The molecular weight excluding hydrogens is 412 g/mol. The van der Waals surface area contributed by atoms with Crippen LogP contribution in [0.3, 0.4) is 0 Å². The van der Waals surface area contributed by atoms with Crippen LogP contribution in [0.15, 0.2) is 48.5 Å². The molecule has 0 aromatic heterocycles. The van der Waals surface area contributed by atoms with Crippen LogP contribution in [0.5, 0.6) is 5.75 Å². The molecule has 2 aromatic carbocycles. The predicted octanol–water partition coefficient (Wildman–Crippen LogP) is 3.22. The zero-order valence-corrected chi connectivity index (χ0v) is 19.0. The zero-order chi connectivity index (χ0) is 22.0. The number of hydrogen-bond acceptors (Lipinski definition) is 5. The van der Waals surface area contributed by atoms with E-state index in [4.69, 9.17) is 4.74 Å². The summed E-state index contributed by atoms with van der Waals surface area (Å²) in [6, 6.07) is 16.2. The van der Waals surface area contributed by atoms with Crippen molar-refractivity contribution in [3.05, 3.63) is 59.7 Å². The SMILES string of the molecule is COc1ccc(N2CCN(C(=O)C3CCS(=O)(=O)CC3)C(c3ccccc3)C2)cc1C. The normalized spacial score (nSPS) is 21.7. The Morgan fingerprint density at radius 3 is 2.39 bits per heavy atom. The summed E-state index contributed by atoms with van der Waals surface area (Å²) in [5, 5.41) is 0. The van der Waals surface area contributed by atoms with E-state index in [9.17, 15) is 13.2 Å². The maximum absolute atomic E-state index is 13.4. The van der Waals surface area contributed by atoms with Crippen molar-refractivity contribution in [2.45, 2.75) is 25.8 Å². The molecule has 1 amide bonds. The van der Waals surface area contributed by atoms with Crippen molar-refractivity contribution < 1.29 is 17.9 Å². The number of methoxy groups -OCH3 is 1. The van der Waals surface area contributed by atoms with E-state index in [-0.39, 0.29) is 29.4 Å². The third kappa shape index (κ3) is 4.71. The number of rotatable bonds is 4. The molecule has 0 aliphatic carbocycles. The molecule has 2 fully saturated rings. The Labute approximate surface area is 184 Å². The predicted molar refractivity (Wildman–Crippen MR) is 122 cm³/mol. The number of amides is 1. The number of piperazine rings is 1. The minimum Gasteiger partial charge on any atom is -0.496 e. The van der Waals surface area contributed by atoms with Crippen LogP contribution in [0.2, 0.25) is 0 Å². The zero-order valence-electron chi connectivity index (χ0n) is 18.2. The van der Waals surface area contributed by atoms with Crippen molar-refractivity contribution in [1.29, 1.82) is 0 Å². The van der Waals surface area contributed by atoms with E-state index in [0.717, 1.165) is 29.1 Å². The first-order valence-electron chi connectivity index (χ1n) is 10.8. The molecule has 2 heterocycles. The fourth-order valence-electron chi connectivity index (χ4n) is 4.67. The van der Waals surface area contributed by atoms with Gasteiger partial charge in [-0.2, -0.15) is 0 Å². The highest BCUT2D eigenvalue weighted by atomic mass is 32.2. The summed E-state index contributed by atoms with van der Waals surface area (Å²) in [6.07, 6.45) is 0.862. The van der Waals surface area contributed by atoms with Crippen LogP contribution in [0.1, 0.15) is 30.0 Å². The van der Waals surface area contributed by atoms with Gasteiger partial charge in [0.25, 0.3) is 0 Å². The largest absolute Gasteiger partial charge is 0.496 e. The minimum atomic E-state index is -2.99. The number of nitrogens with zero attached hydrogens (tertiary/aromatic N) is 2. The molecule has 2 saturated heterocycles. The van der Waals surface area contributed by atoms with Gasteiger partial charge in [-0.25, -0.2) is 8.42 Å². The molecule has 6 nitrogen and oxygen atoms in total. The smallest absolute Gasteiger partial charge is 0.226 e. The van der Waals surface area contributed by atoms with E-state index < -0.39 is 9.84 Å². The van der Waals surface area contributed by atoms with Crippen molar-refractivity contribution in [2.24, 2.45) is 5.92 Å². The fraction of sp³-hybridized carbons (Fsp3) is 0.458. The first-order valence-corrected chi connectivity index (χ1v) is 12.7. The summed E-state index contributed by atoms with van der Waals surface area (Å²) >= 11 is 0. The Hall–Kier alpha value is -2.54. The van der Waals surface area contributed by atoms with Crippen molar-refractivity contribution in [3.63, 3.8) is 0 Å². The van der Waals surface area contributed by atoms with Gasteiger partial charge >= 0.3 is 0 Å². The van der Waals surface area contributed by atoms with Crippen LogP contribution in [-0.2, 0) is 14.6 Å². The summed E-state index contributed by atoms with van der Waals surface area (Å²) in [5.41, 5.74) is 3.31. The number of ether oxygens (including phenoxy) is 1. The average molecular weight is 443 g/mol. The maximum atomic E-state index is 13.4. The number of anilines is 1. The summed E-state index contributed by atoms with van der Waals surface area (Å²) in [7, 11) is -1.31. The molecule has 2 aromatic rings. The van der Waals surface area contributed by atoms with Gasteiger partial charge < -0.3 is 14.5 Å². The number of sulfone groups is 1. The van der Waals surface area contributed by atoms with Gasteiger partial charge in [0, 0.05) is 31.2 Å². The van der Waals surface area contributed by atoms with E-state index in [2.05, 4.69) is 29.2 Å². The number of carbonyl (C=O) groups excluding carboxylic acids is 1. The number of aryl methyl sites for hydroxylation is 1. The molecule has 0 radical (unpaired) electrons. The monoisotopic (exact) mass is 442 g/mol. The summed E-state index contributed by atoms with van der Waals surface area (Å²) in [4.78, 5) is 17.7. The lowest BCUT2D eigenvalue weighted by molar-refractivity contribution is -0.138. The van der Waals surface area contributed by atoms with Gasteiger partial charge in [0.05, 0.1) is 24.7 Å². The number of benzene rings is 2. The molecule has 4 rings (SSSR count). The van der Waals surface area contributed by atoms with Crippen LogP contribution in [-0.4, -0.2) is 57.5 Å². The molecule has 166 valence electrons. The second kappa shape index (κ2) is 8.91. The van der Waals surface area contributed by atoms with Crippen LogP contribution in [0, 0.1) is 12.8 Å². The second-order valence-electron chi connectivity index (χ2n) is 8.48. The first-order chi connectivity index (χ1) is 14.9. The van der Waals surface area contributed by atoms with E-state index in [1.54, 1.807) is 7.11 Å². The molecule has 2 aliphatic heterocycles. The molecule has 0 bridgehead atoms. The summed E-state index contributed by atoms with van der Waals surface area (Å²) in [6.45, 7) is 4.10. The van der Waals surface area contributed by atoms with Gasteiger partial charge in [-0.1, -0.05) is 30.3 Å². The van der Waals surface area contributed by atoms with Gasteiger partial charge in [-0.15, -0.1) is 0 Å². The van der Waals surface area contributed by atoms with E-state index in [0.29, 0.717) is 25.9 Å². The Morgan fingerprint density at radius 1 is 1.03 bits per heavy atom. The van der Waals surface area contributed by atoms with Crippen molar-refractivity contribution in [2.75, 3.05) is 43.1 Å². The highest BCUT2D eigenvalue weighted by Crippen LogP contribution is 2.33. The standard InChI is InChI=1S/C24H30N2O4S/c1-18-16-21(8-9-23(18)30-2)25-12-13-26(22(17-25)19-6-4-3-5-7-19)24(27)20-10-14-31(28,29)15-11-20/h3-9,16,20,22H,10-15,17H2,1-2H3. The molecule has 0 spiro atoms. The van der Waals surface area contributed by atoms with Crippen LogP contribution in [0.25, 0.3) is 0 Å². The lowest BCUT2D eigenvalue weighted by Gasteiger charge is -2.44. The Balaban J connectivity index is 1.57. The van der Waals surface area contributed by atoms with Crippen LogP contribution >= 0.6 is 0 Å². The lowest BCUT2D eigenvalue weighted by Crippen LogP contribution is -2.53. The molecule has 1 atom stereocenters. The second-order valence-corrected chi connectivity index (χ2v) is 10.8. The third-order valence-electron chi connectivity index (χ3n) is 6.50. The topological polar surface area (TPSA) is 66.9 Å². The highest BCUT2D eigenvalue weighted by Gasteiger charge is 2.37.